The van der Waals surface area contributed by atoms with Gasteiger partial charge in [-0.25, -0.2) is 9.40 Å². The van der Waals surface area contributed by atoms with Crippen LogP contribution in [0.25, 0.3) is 0 Å². The SMILES string of the molecule is CC(C)(C)C(NC(=O)C(F)(F)F)C(=O)N1C[C@@H]2CCC[C@@H]2[C@H]1C(=O)NN(C[C@@H]1CCCNC1=O)C(=O)C(F)Cl. The Morgan fingerprint density at radius 2 is 1.79 bits per heavy atom. The minimum Gasteiger partial charge on any atom is -0.356 e. The van der Waals surface area contributed by atoms with Crippen molar-refractivity contribution in [1.82, 2.24) is 26.0 Å². The number of amides is 5. The zero-order chi connectivity index (χ0) is 29.3. The number of likely N-dealkylation sites (tertiary alicyclic amines) is 1. The molecule has 2 unspecified atom stereocenters. The third-order valence-corrected chi connectivity index (χ3v) is 7.77. The van der Waals surface area contributed by atoms with Gasteiger partial charge in [0.1, 0.15) is 12.1 Å². The summed E-state index contributed by atoms with van der Waals surface area (Å²) in [4.78, 5) is 64.8. The molecule has 39 heavy (non-hydrogen) atoms. The number of rotatable bonds is 6. The van der Waals surface area contributed by atoms with Crippen LogP contribution in [0, 0.1) is 23.2 Å². The first-order chi connectivity index (χ1) is 18.0. The van der Waals surface area contributed by atoms with Crippen LogP contribution in [0.3, 0.4) is 0 Å². The van der Waals surface area contributed by atoms with Gasteiger partial charge in [-0.15, -0.1) is 0 Å². The second-order valence-corrected chi connectivity index (χ2v) is 11.8. The highest BCUT2D eigenvalue weighted by molar-refractivity contribution is 6.29. The molecule has 15 heteroatoms. The number of hydrazine groups is 1. The van der Waals surface area contributed by atoms with Crippen molar-refractivity contribution in [2.24, 2.45) is 23.2 Å². The Bertz CT molecular complexity index is 989. The number of hydrogen-bond donors (Lipinski definition) is 3. The molecule has 2 saturated heterocycles. The highest BCUT2D eigenvalue weighted by atomic mass is 35.5. The minimum atomic E-state index is -5.22. The summed E-state index contributed by atoms with van der Waals surface area (Å²) < 4.78 is 52.9. The van der Waals surface area contributed by atoms with Crippen molar-refractivity contribution in [1.29, 1.82) is 0 Å². The molecule has 3 N–H and O–H groups in total. The second kappa shape index (κ2) is 11.8. The van der Waals surface area contributed by atoms with E-state index >= 15 is 0 Å². The number of hydrogen-bond acceptors (Lipinski definition) is 5. The Hall–Kier alpha value is -2.64. The molecule has 3 aliphatic rings. The van der Waals surface area contributed by atoms with Crippen LogP contribution >= 0.6 is 11.6 Å². The standard InChI is InChI=1S/C24H34ClF4N5O5/c1-23(2,3)16(31-22(39)24(27,28)29)20(37)33-10-12-6-4-8-14(12)15(33)19(36)32-34(21(38)17(25)26)11-13-7-5-9-30-18(13)35/h12-17H,4-11H2,1-3H3,(H,30,35)(H,31,39)(H,32,36)/t12-,13-,14-,15-,16?,17?/m0/s1. The summed E-state index contributed by atoms with van der Waals surface area (Å²) in [5.74, 6) is -6.91. The van der Waals surface area contributed by atoms with Gasteiger partial charge in [-0.2, -0.15) is 13.2 Å². The van der Waals surface area contributed by atoms with Crippen molar-refractivity contribution in [3.8, 4) is 0 Å². The first-order valence-electron chi connectivity index (χ1n) is 12.9. The van der Waals surface area contributed by atoms with E-state index < -0.39 is 58.9 Å². The van der Waals surface area contributed by atoms with Crippen LogP contribution in [-0.4, -0.2) is 83.0 Å². The van der Waals surface area contributed by atoms with Gasteiger partial charge in [0, 0.05) is 13.1 Å². The van der Waals surface area contributed by atoms with Crippen LogP contribution < -0.4 is 16.1 Å². The fourth-order valence-electron chi connectivity index (χ4n) is 5.63. The van der Waals surface area contributed by atoms with Crippen LogP contribution in [0.4, 0.5) is 17.6 Å². The summed E-state index contributed by atoms with van der Waals surface area (Å²) in [6.07, 6.45) is -2.25. The van der Waals surface area contributed by atoms with Crippen LogP contribution in [0.15, 0.2) is 0 Å². The molecular weight excluding hydrogens is 550 g/mol. The zero-order valence-corrected chi connectivity index (χ0v) is 22.7. The lowest BCUT2D eigenvalue weighted by molar-refractivity contribution is -0.176. The zero-order valence-electron chi connectivity index (χ0n) is 21.9. The van der Waals surface area contributed by atoms with Gasteiger partial charge >= 0.3 is 12.1 Å². The lowest BCUT2D eigenvalue weighted by Gasteiger charge is -2.37. The van der Waals surface area contributed by atoms with E-state index in [1.54, 1.807) is 5.32 Å². The van der Waals surface area contributed by atoms with Gasteiger partial charge in [0.25, 0.3) is 17.4 Å². The molecule has 0 bridgehead atoms. The molecule has 10 nitrogen and oxygen atoms in total. The maximum Gasteiger partial charge on any atom is 0.471 e. The molecule has 0 aromatic carbocycles. The summed E-state index contributed by atoms with van der Waals surface area (Å²) in [7, 11) is 0. The van der Waals surface area contributed by atoms with Gasteiger partial charge in [-0.3, -0.25) is 29.4 Å². The van der Waals surface area contributed by atoms with E-state index in [1.165, 1.54) is 20.8 Å². The molecule has 220 valence electrons. The maximum atomic E-state index is 13.8. The van der Waals surface area contributed by atoms with E-state index in [0.29, 0.717) is 37.2 Å². The number of halogens is 5. The van der Waals surface area contributed by atoms with Crippen LogP contribution in [-0.2, 0) is 24.0 Å². The van der Waals surface area contributed by atoms with E-state index in [0.717, 1.165) is 11.3 Å². The third-order valence-electron chi connectivity index (χ3n) is 7.59. The highest BCUT2D eigenvalue weighted by Crippen LogP contribution is 2.43. The molecule has 0 radical (unpaired) electrons. The van der Waals surface area contributed by atoms with Gasteiger partial charge in [-0.05, 0) is 42.9 Å². The van der Waals surface area contributed by atoms with Crippen molar-refractivity contribution in [3.05, 3.63) is 0 Å². The largest absolute Gasteiger partial charge is 0.471 e. The number of carbonyl (C=O) groups excluding carboxylic acids is 5. The first-order valence-corrected chi connectivity index (χ1v) is 13.3. The summed E-state index contributed by atoms with van der Waals surface area (Å²) in [6, 6.07) is -2.80. The van der Waals surface area contributed by atoms with Crippen LogP contribution in [0.2, 0.25) is 0 Å². The topological polar surface area (TPSA) is 128 Å². The molecule has 2 heterocycles. The summed E-state index contributed by atoms with van der Waals surface area (Å²) in [6.45, 7) is 4.60. The Kier molecular flexibility index (Phi) is 9.39. The van der Waals surface area contributed by atoms with Crippen molar-refractivity contribution in [3.63, 3.8) is 0 Å². The van der Waals surface area contributed by atoms with Crippen LogP contribution in [0.5, 0.6) is 0 Å². The van der Waals surface area contributed by atoms with Crippen molar-refractivity contribution < 1.29 is 41.5 Å². The lowest BCUT2D eigenvalue weighted by atomic mass is 9.85. The van der Waals surface area contributed by atoms with E-state index in [-0.39, 0.29) is 30.8 Å². The predicted octanol–water partition coefficient (Wildman–Crippen LogP) is 1.63. The number of piperidine rings is 1. The van der Waals surface area contributed by atoms with Crippen LogP contribution in [0.1, 0.15) is 52.9 Å². The van der Waals surface area contributed by atoms with E-state index in [1.807, 2.05) is 0 Å². The molecule has 2 aliphatic heterocycles. The molecule has 6 atom stereocenters. The van der Waals surface area contributed by atoms with E-state index in [2.05, 4.69) is 10.7 Å². The Morgan fingerprint density at radius 3 is 2.36 bits per heavy atom. The molecular formula is C24H34ClF4N5O5. The average molecular weight is 584 g/mol. The molecule has 1 aliphatic carbocycles. The van der Waals surface area contributed by atoms with E-state index in [4.69, 9.17) is 11.6 Å². The van der Waals surface area contributed by atoms with Crippen molar-refractivity contribution >= 4 is 41.1 Å². The summed E-state index contributed by atoms with van der Waals surface area (Å²) in [5, 5.41) is 5.04. The number of nitrogens with zero attached hydrogens (tertiary/aromatic N) is 2. The minimum absolute atomic E-state index is 0.0657. The lowest BCUT2D eigenvalue weighted by Crippen LogP contribution is -2.62. The monoisotopic (exact) mass is 583 g/mol. The quantitative estimate of drug-likeness (QED) is 0.249. The summed E-state index contributed by atoms with van der Waals surface area (Å²) in [5.41, 5.74) is -1.33. The Labute approximate surface area is 228 Å². The molecule has 5 amide bonds. The molecule has 0 aromatic heterocycles. The predicted molar refractivity (Wildman–Crippen MR) is 130 cm³/mol. The smallest absolute Gasteiger partial charge is 0.356 e. The average Bonchev–Trinajstić information content (AvgIpc) is 3.42. The molecule has 3 fully saturated rings. The number of carbonyl (C=O) groups is 5. The number of fused-ring (bicyclic) bond motifs is 1. The fourth-order valence-corrected chi connectivity index (χ4v) is 5.75. The molecule has 0 spiro atoms. The summed E-state index contributed by atoms with van der Waals surface area (Å²) >= 11 is 5.36. The van der Waals surface area contributed by atoms with Gasteiger partial charge in [0.05, 0.1) is 12.5 Å². The van der Waals surface area contributed by atoms with Gasteiger partial charge < -0.3 is 15.5 Å². The van der Waals surface area contributed by atoms with Gasteiger partial charge in [-0.1, -0.05) is 38.8 Å². The molecule has 0 aromatic rings. The first kappa shape index (κ1) is 30.9. The highest BCUT2D eigenvalue weighted by Gasteiger charge is 2.53. The second-order valence-electron chi connectivity index (χ2n) is 11.4. The molecule has 3 rings (SSSR count). The van der Waals surface area contributed by atoms with Gasteiger partial charge in [0.2, 0.25) is 11.8 Å². The van der Waals surface area contributed by atoms with Crippen molar-refractivity contribution in [2.45, 2.75) is 76.8 Å². The van der Waals surface area contributed by atoms with Crippen molar-refractivity contribution in [2.75, 3.05) is 19.6 Å². The number of nitrogens with one attached hydrogen (secondary N) is 3. The van der Waals surface area contributed by atoms with E-state index in [9.17, 15) is 41.5 Å². The van der Waals surface area contributed by atoms with Gasteiger partial charge in [0.15, 0.2) is 0 Å². The molecule has 1 saturated carbocycles. The maximum absolute atomic E-state index is 13.8. The Balaban J connectivity index is 1.87. The fraction of sp³-hybridized carbons (Fsp3) is 0.792. The normalized spacial score (nSPS) is 26.8. The number of alkyl halides is 5. The third kappa shape index (κ3) is 7.12. The Morgan fingerprint density at radius 1 is 1.13 bits per heavy atom.